The summed E-state index contributed by atoms with van der Waals surface area (Å²) >= 11 is 6.59. The monoisotopic (exact) mass is 544 g/mol. The number of sulfone groups is 1. The predicted molar refractivity (Wildman–Crippen MR) is 126 cm³/mol. The Labute approximate surface area is 211 Å². The van der Waals surface area contributed by atoms with E-state index < -0.39 is 28.0 Å². The predicted octanol–water partition coefficient (Wildman–Crippen LogP) is 4.21. The van der Waals surface area contributed by atoms with Gasteiger partial charge in [0, 0.05) is 25.9 Å². The Kier molecular flexibility index (Phi) is 6.16. The van der Waals surface area contributed by atoms with Crippen molar-refractivity contribution in [3.05, 3.63) is 52.0 Å². The Hall–Kier alpha value is -2.50. The average Bonchev–Trinajstić information content (AvgIpc) is 3.52. The summed E-state index contributed by atoms with van der Waals surface area (Å²) in [5.74, 6) is -0.965. The fraction of sp³-hybridized carbons (Fsp3) is 0.458. The molecule has 36 heavy (non-hydrogen) atoms. The number of alkyl halides is 3. The maximum Gasteiger partial charge on any atom is 0.425 e. The van der Waals surface area contributed by atoms with Crippen LogP contribution in [0.25, 0.3) is 0 Å². The largest absolute Gasteiger partial charge is 0.480 e. The highest BCUT2D eigenvalue weighted by atomic mass is 35.5. The van der Waals surface area contributed by atoms with Crippen molar-refractivity contribution in [2.75, 3.05) is 24.3 Å². The number of carbonyl (C=O) groups is 1. The highest BCUT2D eigenvalue weighted by Gasteiger charge is 2.41. The number of hydrogen-bond acceptors (Lipinski definition) is 6. The lowest BCUT2D eigenvalue weighted by atomic mass is 10.1. The van der Waals surface area contributed by atoms with Gasteiger partial charge in [0.05, 0.1) is 39.9 Å². The van der Waals surface area contributed by atoms with E-state index in [1.807, 2.05) is 12.1 Å². The fourth-order valence-electron chi connectivity index (χ4n) is 4.90. The van der Waals surface area contributed by atoms with E-state index in [0.717, 1.165) is 61.2 Å². The second-order valence-electron chi connectivity index (χ2n) is 9.46. The molecule has 3 aliphatic heterocycles. The van der Waals surface area contributed by atoms with Gasteiger partial charge in [-0.1, -0.05) is 11.6 Å². The van der Waals surface area contributed by atoms with Crippen molar-refractivity contribution in [2.24, 2.45) is 0 Å². The van der Waals surface area contributed by atoms with Crippen molar-refractivity contribution >= 4 is 33.0 Å². The molecule has 2 aromatic rings. The van der Waals surface area contributed by atoms with E-state index in [9.17, 15) is 26.4 Å². The number of morpholine rings is 1. The minimum absolute atomic E-state index is 0.178. The van der Waals surface area contributed by atoms with Crippen LogP contribution in [0.15, 0.2) is 35.2 Å². The normalized spacial score (nSPS) is 22.2. The highest BCUT2D eigenvalue weighted by molar-refractivity contribution is 7.90. The van der Waals surface area contributed by atoms with Crippen LogP contribution >= 0.6 is 11.6 Å². The molecule has 194 valence electrons. The number of halogens is 4. The summed E-state index contributed by atoms with van der Waals surface area (Å²) in [6, 6.07) is 7.29. The minimum atomic E-state index is -4.66. The Balaban J connectivity index is 1.44. The van der Waals surface area contributed by atoms with Gasteiger partial charge in [-0.05, 0) is 54.8 Å². The first-order valence-corrected chi connectivity index (χ1v) is 13.6. The molecule has 2 saturated heterocycles. The first-order valence-electron chi connectivity index (χ1n) is 11.4. The quantitative estimate of drug-likeness (QED) is 0.561. The molecular weight excluding hydrogens is 521 g/mol. The van der Waals surface area contributed by atoms with Crippen LogP contribution < -0.4 is 9.64 Å². The summed E-state index contributed by atoms with van der Waals surface area (Å²) in [4.78, 5) is 16.9. The first-order chi connectivity index (χ1) is 16.8. The molecular formula is C24H24ClF3N2O5S. The standard InChI is InChI=1S/C24H24ClF3N2O5S/c1-13(24(26,27)28)35-22-4-3-18(36(2,32)33)8-19(22)23(31)29-9-14-5-20(25)21(6-15(14)10-29)30-11-17-7-16(30)12-34-17/h3-6,8,13,16-17H,7,9-12H2,1-2H3/t13-,16-,17-/m0/s1. The van der Waals surface area contributed by atoms with Gasteiger partial charge < -0.3 is 19.3 Å². The second-order valence-corrected chi connectivity index (χ2v) is 11.9. The van der Waals surface area contributed by atoms with Crippen molar-refractivity contribution in [3.8, 4) is 5.75 Å². The number of anilines is 1. The summed E-state index contributed by atoms with van der Waals surface area (Å²) in [7, 11) is -3.72. The van der Waals surface area contributed by atoms with Crippen LogP contribution in [0.5, 0.6) is 5.75 Å². The van der Waals surface area contributed by atoms with Gasteiger partial charge in [0.15, 0.2) is 15.9 Å². The number of fused-ring (bicyclic) bond motifs is 3. The van der Waals surface area contributed by atoms with Crippen molar-refractivity contribution in [1.29, 1.82) is 0 Å². The van der Waals surface area contributed by atoms with Crippen LogP contribution in [-0.2, 0) is 27.7 Å². The van der Waals surface area contributed by atoms with Gasteiger partial charge in [-0.25, -0.2) is 8.42 Å². The molecule has 2 fully saturated rings. The zero-order chi connectivity index (χ0) is 26.0. The third-order valence-electron chi connectivity index (χ3n) is 6.86. The molecule has 1 amide bonds. The number of hydrogen-bond donors (Lipinski definition) is 0. The van der Waals surface area contributed by atoms with Crippen LogP contribution in [0.3, 0.4) is 0 Å². The Bertz CT molecular complexity index is 1330. The number of benzene rings is 2. The number of nitrogens with zero attached hydrogens (tertiary/aromatic N) is 2. The lowest BCUT2D eigenvalue weighted by molar-refractivity contribution is -0.189. The minimum Gasteiger partial charge on any atom is -0.480 e. The number of rotatable bonds is 5. The Morgan fingerprint density at radius 1 is 1.19 bits per heavy atom. The summed E-state index contributed by atoms with van der Waals surface area (Å²) in [5.41, 5.74) is 2.31. The third kappa shape index (κ3) is 4.64. The molecule has 0 N–H and O–H groups in total. The van der Waals surface area contributed by atoms with Crippen molar-refractivity contribution in [3.63, 3.8) is 0 Å². The number of carbonyl (C=O) groups excluding carboxylic acids is 1. The second kappa shape index (κ2) is 8.81. The Morgan fingerprint density at radius 2 is 1.89 bits per heavy atom. The molecule has 7 nitrogen and oxygen atoms in total. The van der Waals surface area contributed by atoms with Gasteiger partial charge >= 0.3 is 6.18 Å². The van der Waals surface area contributed by atoms with E-state index in [0.29, 0.717) is 11.6 Å². The number of ether oxygens (including phenoxy) is 2. The lowest BCUT2D eigenvalue weighted by Crippen LogP contribution is -2.37. The molecule has 12 heteroatoms. The van der Waals surface area contributed by atoms with Gasteiger partial charge in [-0.3, -0.25) is 4.79 Å². The van der Waals surface area contributed by atoms with Crippen molar-refractivity contribution < 1.29 is 35.9 Å². The first kappa shape index (κ1) is 25.2. The SMILES string of the molecule is C[C@H](Oc1ccc(S(C)(=O)=O)cc1C(=O)N1Cc2cc(Cl)c(N3C[C@@H]4C[C@H]3CO4)cc2C1)C(F)(F)F. The lowest BCUT2D eigenvalue weighted by Gasteiger charge is -2.30. The maximum atomic E-state index is 13.5. The van der Waals surface area contributed by atoms with Crippen molar-refractivity contribution in [1.82, 2.24) is 4.90 Å². The molecule has 0 aliphatic carbocycles. The van der Waals surface area contributed by atoms with E-state index in [1.165, 1.54) is 4.90 Å². The van der Waals surface area contributed by atoms with Gasteiger partial charge in [0.25, 0.3) is 5.91 Å². The van der Waals surface area contributed by atoms with E-state index in [1.54, 1.807) is 0 Å². The highest BCUT2D eigenvalue weighted by Crippen LogP contribution is 2.40. The molecule has 0 radical (unpaired) electrons. The van der Waals surface area contributed by atoms with Gasteiger partial charge in [-0.15, -0.1) is 0 Å². The smallest absolute Gasteiger partial charge is 0.425 e. The van der Waals surface area contributed by atoms with Crippen LogP contribution in [0.4, 0.5) is 18.9 Å². The number of amides is 1. The molecule has 0 spiro atoms. The molecule has 0 aromatic heterocycles. The molecule has 2 aromatic carbocycles. The van der Waals surface area contributed by atoms with Crippen LogP contribution in [0.2, 0.25) is 5.02 Å². The molecule has 2 bridgehead atoms. The van der Waals surface area contributed by atoms with Crippen LogP contribution in [-0.4, -0.2) is 63.1 Å². The molecule has 3 aliphatic rings. The van der Waals surface area contributed by atoms with E-state index in [4.69, 9.17) is 21.1 Å². The fourth-order valence-corrected chi connectivity index (χ4v) is 5.85. The van der Waals surface area contributed by atoms with E-state index >= 15 is 0 Å². The van der Waals surface area contributed by atoms with Crippen LogP contribution in [0, 0.1) is 0 Å². The molecule has 3 atom stereocenters. The van der Waals surface area contributed by atoms with Gasteiger partial charge in [0.2, 0.25) is 0 Å². The molecule has 3 heterocycles. The topological polar surface area (TPSA) is 76.2 Å². The van der Waals surface area contributed by atoms with Gasteiger partial charge in [0.1, 0.15) is 5.75 Å². The summed E-state index contributed by atoms with van der Waals surface area (Å²) < 4.78 is 74.3. The van der Waals surface area contributed by atoms with E-state index in [-0.39, 0.29) is 41.4 Å². The molecule has 5 rings (SSSR count). The summed E-state index contributed by atoms with van der Waals surface area (Å²) in [6.07, 6.45) is -4.77. The van der Waals surface area contributed by atoms with Crippen LogP contribution in [0.1, 0.15) is 34.8 Å². The Morgan fingerprint density at radius 3 is 2.47 bits per heavy atom. The maximum absolute atomic E-state index is 13.5. The summed E-state index contributed by atoms with van der Waals surface area (Å²) in [5, 5.41) is 0.553. The van der Waals surface area contributed by atoms with E-state index in [2.05, 4.69) is 4.90 Å². The summed E-state index contributed by atoms with van der Waals surface area (Å²) in [6.45, 7) is 2.58. The van der Waals surface area contributed by atoms with Gasteiger partial charge in [-0.2, -0.15) is 13.2 Å². The molecule has 0 unspecified atom stereocenters. The average molecular weight is 545 g/mol. The molecule has 0 saturated carbocycles. The van der Waals surface area contributed by atoms with Crippen molar-refractivity contribution in [2.45, 2.75) is 55.8 Å². The zero-order valence-corrected chi connectivity index (χ0v) is 21.1. The zero-order valence-electron chi connectivity index (χ0n) is 19.5. The third-order valence-corrected chi connectivity index (χ3v) is 8.28.